The molecule has 1 aliphatic rings. The van der Waals surface area contributed by atoms with E-state index in [1.54, 1.807) is 0 Å². The molecule has 0 aliphatic heterocycles. The van der Waals surface area contributed by atoms with Crippen molar-refractivity contribution >= 4 is 60.0 Å². The Morgan fingerprint density at radius 2 is 1.37 bits per heavy atom. The average Bonchev–Trinajstić information content (AvgIpc) is 3.58. The predicted octanol–water partition coefficient (Wildman–Crippen LogP) is 9.04. The van der Waals surface area contributed by atoms with Gasteiger partial charge >= 0.3 is 0 Å². The standard InChI is InChI=1S/C33H21NO/c1-33(2)24-12-5-3-8-18(24)22-16-23-19-10-7-11-21-30-26(34(32(19)21)27(23)17-25(22)33)14-15-29-31(30)20-9-4-6-13-28(20)35-29/h3-17H,1-2H3. The van der Waals surface area contributed by atoms with Gasteiger partial charge in [0.05, 0.1) is 16.6 Å². The number of furan rings is 1. The second kappa shape index (κ2) is 5.67. The smallest absolute Gasteiger partial charge is 0.136 e. The van der Waals surface area contributed by atoms with Gasteiger partial charge < -0.3 is 8.82 Å². The van der Waals surface area contributed by atoms with E-state index in [0.717, 1.165) is 11.2 Å². The average molecular weight is 448 g/mol. The molecular formula is C33H21NO. The molecule has 0 saturated heterocycles. The highest BCUT2D eigenvalue weighted by atomic mass is 16.3. The van der Waals surface area contributed by atoms with Crippen molar-refractivity contribution in [1.29, 1.82) is 0 Å². The van der Waals surface area contributed by atoms with Crippen molar-refractivity contribution < 1.29 is 4.42 Å². The van der Waals surface area contributed by atoms with Crippen LogP contribution in [0.25, 0.3) is 71.2 Å². The summed E-state index contributed by atoms with van der Waals surface area (Å²) in [6.07, 6.45) is 0. The van der Waals surface area contributed by atoms with Gasteiger partial charge in [0.15, 0.2) is 0 Å². The number of rotatable bonds is 0. The molecule has 8 aromatic rings. The first-order valence-electron chi connectivity index (χ1n) is 12.3. The number of fused-ring (bicyclic) bond motifs is 13. The second-order valence-electron chi connectivity index (χ2n) is 10.6. The minimum absolute atomic E-state index is 0.0220. The lowest BCUT2D eigenvalue weighted by Crippen LogP contribution is -2.14. The molecule has 1 aliphatic carbocycles. The van der Waals surface area contributed by atoms with E-state index in [4.69, 9.17) is 4.42 Å². The fourth-order valence-corrected chi connectivity index (χ4v) is 6.98. The van der Waals surface area contributed by atoms with Crippen LogP contribution in [0.3, 0.4) is 0 Å². The maximum absolute atomic E-state index is 6.25. The summed E-state index contributed by atoms with van der Waals surface area (Å²) >= 11 is 0. The lowest BCUT2D eigenvalue weighted by molar-refractivity contribution is 0.661. The van der Waals surface area contributed by atoms with Gasteiger partial charge in [-0.15, -0.1) is 0 Å². The van der Waals surface area contributed by atoms with E-state index in [2.05, 4.69) is 103 Å². The van der Waals surface area contributed by atoms with Gasteiger partial charge in [-0.25, -0.2) is 0 Å². The number of benzene rings is 5. The van der Waals surface area contributed by atoms with Gasteiger partial charge in [0, 0.05) is 37.7 Å². The first kappa shape index (κ1) is 18.1. The number of para-hydroxylation sites is 2. The molecule has 2 nitrogen and oxygen atoms in total. The van der Waals surface area contributed by atoms with Crippen LogP contribution in [0.2, 0.25) is 0 Å². The molecule has 5 aromatic carbocycles. The molecule has 2 heteroatoms. The number of hydrogen-bond acceptors (Lipinski definition) is 1. The Labute approximate surface area is 201 Å². The minimum Gasteiger partial charge on any atom is -0.456 e. The van der Waals surface area contributed by atoms with E-state index in [-0.39, 0.29) is 5.41 Å². The fraction of sp³-hybridized carbons (Fsp3) is 0.0909. The van der Waals surface area contributed by atoms with Crippen LogP contribution in [-0.2, 0) is 5.41 Å². The SMILES string of the molecule is CC1(C)c2ccccc2-c2cc3c4cccc5c6c7c(ccc6n(c3cc21)c45)oc1ccccc17. The lowest BCUT2D eigenvalue weighted by Gasteiger charge is -2.21. The number of aromatic nitrogens is 1. The quantitative estimate of drug-likeness (QED) is 0.227. The first-order valence-corrected chi connectivity index (χ1v) is 12.3. The van der Waals surface area contributed by atoms with Gasteiger partial charge in [-0.3, -0.25) is 0 Å². The van der Waals surface area contributed by atoms with Crippen LogP contribution in [0.5, 0.6) is 0 Å². The molecule has 0 bridgehead atoms. The summed E-state index contributed by atoms with van der Waals surface area (Å²) in [4.78, 5) is 0. The third-order valence-corrected chi connectivity index (χ3v) is 8.52. The fourth-order valence-electron chi connectivity index (χ4n) is 6.98. The highest BCUT2D eigenvalue weighted by Crippen LogP contribution is 2.52. The first-order chi connectivity index (χ1) is 17.1. The van der Waals surface area contributed by atoms with E-state index in [1.165, 1.54) is 71.1 Å². The van der Waals surface area contributed by atoms with Crippen molar-refractivity contribution in [3.05, 3.63) is 102 Å². The lowest BCUT2D eigenvalue weighted by atomic mass is 9.82. The third-order valence-electron chi connectivity index (χ3n) is 8.52. The molecule has 0 radical (unpaired) electrons. The molecule has 3 aromatic heterocycles. The Morgan fingerprint density at radius 3 is 2.31 bits per heavy atom. The molecule has 9 rings (SSSR count). The zero-order valence-corrected chi connectivity index (χ0v) is 19.5. The van der Waals surface area contributed by atoms with E-state index in [0.29, 0.717) is 0 Å². The van der Waals surface area contributed by atoms with Crippen molar-refractivity contribution in [2.75, 3.05) is 0 Å². The predicted molar refractivity (Wildman–Crippen MR) is 146 cm³/mol. The molecule has 0 spiro atoms. The van der Waals surface area contributed by atoms with Crippen LogP contribution in [0, 0.1) is 0 Å². The van der Waals surface area contributed by atoms with Crippen molar-refractivity contribution in [3.8, 4) is 11.1 Å². The summed E-state index contributed by atoms with van der Waals surface area (Å²) in [5.41, 5.74) is 11.3. The Bertz CT molecular complexity index is 2190. The zero-order valence-electron chi connectivity index (χ0n) is 19.5. The highest BCUT2D eigenvalue weighted by molar-refractivity contribution is 6.32. The molecule has 3 heterocycles. The Morgan fingerprint density at radius 1 is 0.571 bits per heavy atom. The van der Waals surface area contributed by atoms with Crippen molar-refractivity contribution in [1.82, 2.24) is 4.40 Å². The summed E-state index contributed by atoms with van der Waals surface area (Å²) in [6.45, 7) is 4.72. The van der Waals surface area contributed by atoms with Crippen LogP contribution in [0.1, 0.15) is 25.0 Å². The van der Waals surface area contributed by atoms with Gasteiger partial charge in [0.1, 0.15) is 11.2 Å². The van der Waals surface area contributed by atoms with Gasteiger partial charge in [0.25, 0.3) is 0 Å². The minimum atomic E-state index is -0.0220. The van der Waals surface area contributed by atoms with Crippen LogP contribution >= 0.6 is 0 Å². The second-order valence-corrected chi connectivity index (χ2v) is 10.6. The van der Waals surface area contributed by atoms with Crippen molar-refractivity contribution in [2.45, 2.75) is 19.3 Å². The maximum Gasteiger partial charge on any atom is 0.136 e. The van der Waals surface area contributed by atoms with Crippen molar-refractivity contribution in [2.24, 2.45) is 0 Å². The van der Waals surface area contributed by atoms with Crippen LogP contribution in [0.15, 0.2) is 95.4 Å². The highest BCUT2D eigenvalue weighted by Gasteiger charge is 2.36. The normalized spacial score (nSPS) is 14.8. The maximum atomic E-state index is 6.25. The van der Waals surface area contributed by atoms with Gasteiger partial charge in [0.2, 0.25) is 0 Å². The van der Waals surface area contributed by atoms with Gasteiger partial charge in [-0.2, -0.15) is 0 Å². The molecule has 164 valence electrons. The number of nitrogens with zero attached hydrogens (tertiary/aromatic N) is 1. The van der Waals surface area contributed by atoms with Crippen LogP contribution < -0.4 is 0 Å². The molecular weight excluding hydrogens is 426 g/mol. The third kappa shape index (κ3) is 1.93. The van der Waals surface area contributed by atoms with E-state index < -0.39 is 0 Å². The molecule has 0 saturated carbocycles. The van der Waals surface area contributed by atoms with E-state index in [1.807, 2.05) is 6.07 Å². The summed E-state index contributed by atoms with van der Waals surface area (Å²) < 4.78 is 8.75. The molecule has 0 unspecified atom stereocenters. The van der Waals surface area contributed by atoms with Gasteiger partial charge in [-0.05, 0) is 52.6 Å². The molecule has 35 heavy (non-hydrogen) atoms. The zero-order chi connectivity index (χ0) is 23.1. The molecule has 0 N–H and O–H groups in total. The molecule has 0 atom stereocenters. The molecule has 0 fully saturated rings. The largest absolute Gasteiger partial charge is 0.456 e. The van der Waals surface area contributed by atoms with E-state index >= 15 is 0 Å². The summed E-state index contributed by atoms with van der Waals surface area (Å²) in [5.74, 6) is 0. The summed E-state index contributed by atoms with van der Waals surface area (Å²) in [6, 6.07) is 33.3. The van der Waals surface area contributed by atoms with E-state index in [9.17, 15) is 0 Å². The Kier molecular flexibility index (Phi) is 2.93. The summed E-state index contributed by atoms with van der Waals surface area (Å²) in [7, 11) is 0. The number of hydrogen-bond donors (Lipinski definition) is 0. The molecule has 0 amide bonds. The summed E-state index contributed by atoms with van der Waals surface area (Å²) in [5, 5.41) is 7.64. The van der Waals surface area contributed by atoms with Crippen molar-refractivity contribution in [3.63, 3.8) is 0 Å². The Balaban J connectivity index is 1.53. The Hall–Kier alpha value is -4.30. The van der Waals surface area contributed by atoms with Crippen LogP contribution in [-0.4, -0.2) is 4.40 Å². The van der Waals surface area contributed by atoms with Crippen LogP contribution in [0.4, 0.5) is 0 Å². The van der Waals surface area contributed by atoms with Gasteiger partial charge in [-0.1, -0.05) is 74.5 Å². The monoisotopic (exact) mass is 447 g/mol. The topological polar surface area (TPSA) is 17.6 Å².